The average molecular weight is 228 g/mol. The van der Waals surface area contributed by atoms with Crippen molar-refractivity contribution in [1.82, 2.24) is 4.98 Å². The van der Waals surface area contributed by atoms with E-state index in [9.17, 15) is 4.79 Å². The fourth-order valence-corrected chi connectivity index (χ4v) is 1.70. The quantitative estimate of drug-likeness (QED) is 0.802. The maximum absolute atomic E-state index is 11.4. The number of hydrogen-bond donors (Lipinski definition) is 1. The molecule has 1 heterocycles. The summed E-state index contributed by atoms with van der Waals surface area (Å²) >= 11 is 1.45. The van der Waals surface area contributed by atoms with Gasteiger partial charge in [-0.1, -0.05) is 0 Å². The molecule has 0 amide bonds. The average Bonchev–Trinajstić information content (AvgIpc) is 2.50. The van der Waals surface area contributed by atoms with E-state index < -0.39 is 5.60 Å². The third-order valence-corrected chi connectivity index (χ3v) is 2.53. The summed E-state index contributed by atoms with van der Waals surface area (Å²) in [5, 5.41) is 0. The number of thiazole rings is 1. The lowest BCUT2D eigenvalue weighted by Gasteiger charge is -2.20. The Kier molecular flexibility index (Phi) is 3.82. The van der Waals surface area contributed by atoms with Gasteiger partial charge in [0.05, 0.1) is 18.0 Å². The van der Waals surface area contributed by atoms with Gasteiger partial charge in [-0.15, -0.1) is 11.3 Å². The molecule has 0 aromatic carbocycles. The standard InChI is InChI=1S/C10H16N2O2S/c1-10(2,3)14-9(13)4-7(11)8-5-12-6-15-8/h5-7H,4,11H2,1-3H3. The summed E-state index contributed by atoms with van der Waals surface area (Å²) in [4.78, 5) is 16.3. The first-order chi connectivity index (χ1) is 6.88. The van der Waals surface area contributed by atoms with Crippen molar-refractivity contribution in [3.05, 3.63) is 16.6 Å². The Morgan fingerprint density at radius 3 is 2.80 bits per heavy atom. The lowest BCUT2D eigenvalue weighted by Crippen LogP contribution is -2.26. The summed E-state index contributed by atoms with van der Waals surface area (Å²) < 4.78 is 5.17. The fourth-order valence-electron chi connectivity index (χ4n) is 1.07. The number of nitrogens with two attached hydrogens (primary N) is 1. The molecule has 15 heavy (non-hydrogen) atoms. The van der Waals surface area contributed by atoms with Crippen LogP contribution >= 0.6 is 11.3 Å². The maximum Gasteiger partial charge on any atom is 0.308 e. The van der Waals surface area contributed by atoms with Gasteiger partial charge in [-0.3, -0.25) is 9.78 Å². The van der Waals surface area contributed by atoms with E-state index in [2.05, 4.69) is 4.98 Å². The number of ether oxygens (including phenoxy) is 1. The van der Waals surface area contributed by atoms with Crippen LogP contribution in [0.5, 0.6) is 0 Å². The van der Waals surface area contributed by atoms with E-state index in [-0.39, 0.29) is 18.4 Å². The molecule has 4 nitrogen and oxygen atoms in total. The summed E-state index contributed by atoms with van der Waals surface area (Å²) in [6, 6.07) is -0.313. The summed E-state index contributed by atoms with van der Waals surface area (Å²) in [5.41, 5.74) is 7.07. The minimum atomic E-state index is -0.454. The van der Waals surface area contributed by atoms with Crippen LogP contribution in [-0.2, 0) is 9.53 Å². The van der Waals surface area contributed by atoms with Crippen molar-refractivity contribution in [3.63, 3.8) is 0 Å². The van der Waals surface area contributed by atoms with E-state index in [0.29, 0.717) is 0 Å². The van der Waals surface area contributed by atoms with Crippen molar-refractivity contribution in [1.29, 1.82) is 0 Å². The number of carbonyl (C=O) groups excluding carboxylic acids is 1. The Morgan fingerprint density at radius 2 is 2.33 bits per heavy atom. The highest BCUT2D eigenvalue weighted by Crippen LogP contribution is 2.19. The molecule has 5 heteroatoms. The molecular weight excluding hydrogens is 212 g/mol. The van der Waals surface area contributed by atoms with E-state index in [1.165, 1.54) is 11.3 Å². The third-order valence-electron chi connectivity index (χ3n) is 1.62. The second-order valence-electron chi connectivity index (χ2n) is 4.30. The van der Waals surface area contributed by atoms with Crippen molar-refractivity contribution in [2.45, 2.75) is 38.8 Å². The molecule has 1 rings (SSSR count). The van der Waals surface area contributed by atoms with E-state index in [4.69, 9.17) is 10.5 Å². The molecule has 0 fully saturated rings. The SMILES string of the molecule is CC(C)(C)OC(=O)CC(N)c1cncs1. The second-order valence-corrected chi connectivity index (χ2v) is 5.22. The summed E-state index contributed by atoms with van der Waals surface area (Å²) in [6.07, 6.45) is 1.87. The Bertz CT molecular complexity index is 317. The van der Waals surface area contributed by atoms with Gasteiger partial charge in [0.15, 0.2) is 0 Å². The monoisotopic (exact) mass is 228 g/mol. The number of rotatable bonds is 3. The predicted molar refractivity (Wildman–Crippen MR) is 59.5 cm³/mol. The molecule has 1 aromatic rings. The van der Waals surface area contributed by atoms with Gasteiger partial charge in [0.25, 0.3) is 0 Å². The number of carbonyl (C=O) groups is 1. The highest BCUT2D eigenvalue weighted by Gasteiger charge is 2.19. The Balaban J connectivity index is 2.45. The first-order valence-electron chi connectivity index (χ1n) is 4.74. The summed E-state index contributed by atoms with van der Waals surface area (Å²) in [6.45, 7) is 5.51. The molecular formula is C10H16N2O2S. The number of nitrogens with zero attached hydrogens (tertiary/aromatic N) is 1. The predicted octanol–water partition coefficient (Wildman–Crippen LogP) is 1.87. The zero-order valence-corrected chi connectivity index (χ0v) is 10.0. The molecule has 0 spiro atoms. The molecule has 84 valence electrons. The van der Waals surface area contributed by atoms with Crippen LogP contribution < -0.4 is 5.73 Å². The highest BCUT2D eigenvalue weighted by molar-refractivity contribution is 7.09. The molecule has 0 bridgehead atoms. The smallest absolute Gasteiger partial charge is 0.308 e. The minimum absolute atomic E-state index is 0.194. The fraction of sp³-hybridized carbons (Fsp3) is 0.600. The molecule has 1 atom stereocenters. The van der Waals surface area contributed by atoms with E-state index >= 15 is 0 Å². The van der Waals surface area contributed by atoms with Crippen molar-refractivity contribution in [2.24, 2.45) is 5.73 Å². The highest BCUT2D eigenvalue weighted by atomic mass is 32.1. The topological polar surface area (TPSA) is 65.2 Å². The van der Waals surface area contributed by atoms with Crippen LogP contribution in [0.4, 0.5) is 0 Å². The minimum Gasteiger partial charge on any atom is -0.460 e. The number of hydrogen-bond acceptors (Lipinski definition) is 5. The number of aromatic nitrogens is 1. The van der Waals surface area contributed by atoms with Crippen molar-refractivity contribution >= 4 is 17.3 Å². The summed E-state index contributed by atoms with van der Waals surface area (Å²) in [7, 11) is 0. The first-order valence-corrected chi connectivity index (χ1v) is 5.62. The third kappa shape index (κ3) is 4.40. The molecule has 0 aliphatic carbocycles. The molecule has 0 radical (unpaired) electrons. The van der Waals surface area contributed by atoms with Gasteiger partial charge in [-0.05, 0) is 20.8 Å². The van der Waals surface area contributed by atoms with Gasteiger partial charge in [0.2, 0.25) is 0 Å². The molecule has 0 aliphatic rings. The van der Waals surface area contributed by atoms with E-state index in [1.807, 2.05) is 20.8 Å². The molecule has 0 saturated carbocycles. The largest absolute Gasteiger partial charge is 0.460 e. The van der Waals surface area contributed by atoms with Crippen LogP contribution in [0.3, 0.4) is 0 Å². The van der Waals surface area contributed by atoms with Crippen LogP contribution in [-0.4, -0.2) is 16.6 Å². The molecule has 1 aromatic heterocycles. The second kappa shape index (κ2) is 4.72. The van der Waals surface area contributed by atoms with Crippen LogP contribution in [0.1, 0.15) is 38.1 Å². The van der Waals surface area contributed by atoms with Crippen molar-refractivity contribution < 1.29 is 9.53 Å². The molecule has 2 N–H and O–H groups in total. The van der Waals surface area contributed by atoms with E-state index in [1.54, 1.807) is 11.7 Å². The van der Waals surface area contributed by atoms with Crippen LogP contribution in [0, 0.1) is 0 Å². The van der Waals surface area contributed by atoms with Crippen LogP contribution in [0.15, 0.2) is 11.7 Å². The van der Waals surface area contributed by atoms with Gasteiger partial charge < -0.3 is 10.5 Å². The zero-order valence-electron chi connectivity index (χ0n) is 9.19. The van der Waals surface area contributed by atoms with E-state index in [0.717, 1.165) is 4.88 Å². The van der Waals surface area contributed by atoms with Gasteiger partial charge in [0.1, 0.15) is 5.60 Å². The Hall–Kier alpha value is -0.940. The zero-order chi connectivity index (χ0) is 11.5. The van der Waals surface area contributed by atoms with Crippen molar-refractivity contribution in [2.75, 3.05) is 0 Å². The van der Waals surface area contributed by atoms with Crippen LogP contribution in [0.2, 0.25) is 0 Å². The van der Waals surface area contributed by atoms with Crippen LogP contribution in [0.25, 0.3) is 0 Å². The van der Waals surface area contributed by atoms with Gasteiger partial charge in [-0.2, -0.15) is 0 Å². The number of esters is 1. The van der Waals surface area contributed by atoms with Gasteiger partial charge in [0, 0.05) is 11.1 Å². The normalized spacial score (nSPS) is 13.6. The maximum atomic E-state index is 11.4. The molecule has 0 aliphatic heterocycles. The molecule has 0 saturated heterocycles. The molecule has 1 unspecified atom stereocenters. The lowest BCUT2D eigenvalue weighted by atomic mass is 10.1. The Labute approximate surface area is 93.5 Å². The Morgan fingerprint density at radius 1 is 1.67 bits per heavy atom. The van der Waals surface area contributed by atoms with Crippen molar-refractivity contribution in [3.8, 4) is 0 Å². The first kappa shape index (κ1) is 12.1. The van der Waals surface area contributed by atoms with Gasteiger partial charge in [-0.25, -0.2) is 0 Å². The lowest BCUT2D eigenvalue weighted by molar-refractivity contribution is -0.155. The summed E-state index contributed by atoms with van der Waals surface area (Å²) in [5.74, 6) is -0.275. The van der Waals surface area contributed by atoms with Gasteiger partial charge >= 0.3 is 5.97 Å².